The zero-order valence-corrected chi connectivity index (χ0v) is 15.4. The van der Waals surface area contributed by atoms with E-state index in [9.17, 15) is 0 Å². The molecule has 0 bridgehead atoms. The quantitative estimate of drug-likeness (QED) is 0.274. The summed E-state index contributed by atoms with van der Waals surface area (Å²) in [5.41, 5.74) is 0. The van der Waals surface area contributed by atoms with Crippen LogP contribution in [0.4, 0.5) is 0 Å². The van der Waals surface area contributed by atoms with Gasteiger partial charge in [0.15, 0.2) is 0 Å². The Hall–Kier alpha value is -0.580. The van der Waals surface area contributed by atoms with Crippen LogP contribution in [-0.2, 0) is 0 Å². The van der Waals surface area contributed by atoms with E-state index in [0.717, 1.165) is 19.2 Å². The van der Waals surface area contributed by atoms with Crippen LogP contribution in [0.2, 0.25) is 10.0 Å². The molecular formula is C16H9BrCl2S2. The van der Waals surface area contributed by atoms with Gasteiger partial charge in [-0.2, -0.15) is 0 Å². The SMILES string of the molecule is Clc1cccc2c(Br)csc12.Clc1cccc2ccsc12. The summed E-state index contributed by atoms with van der Waals surface area (Å²) < 4.78 is 3.46. The Balaban J connectivity index is 0.000000126. The number of halogens is 3. The smallest absolute Gasteiger partial charge is 0.0584 e. The van der Waals surface area contributed by atoms with Crippen LogP contribution in [0.15, 0.2) is 57.7 Å². The Morgan fingerprint density at radius 1 is 0.810 bits per heavy atom. The topological polar surface area (TPSA) is 0 Å². The van der Waals surface area contributed by atoms with Crippen molar-refractivity contribution in [1.29, 1.82) is 0 Å². The Morgan fingerprint density at radius 2 is 1.52 bits per heavy atom. The average molecular weight is 416 g/mol. The fourth-order valence-electron chi connectivity index (χ4n) is 1.95. The molecule has 0 nitrogen and oxygen atoms in total. The molecule has 0 radical (unpaired) electrons. The predicted octanol–water partition coefficient (Wildman–Crippen LogP) is 7.87. The molecule has 0 saturated heterocycles. The molecule has 21 heavy (non-hydrogen) atoms. The highest BCUT2D eigenvalue weighted by Crippen LogP contribution is 2.34. The third-order valence-corrected chi connectivity index (χ3v) is 6.74. The first-order valence-electron chi connectivity index (χ1n) is 6.10. The van der Waals surface area contributed by atoms with E-state index in [0.29, 0.717) is 0 Å². The highest BCUT2D eigenvalue weighted by atomic mass is 79.9. The van der Waals surface area contributed by atoms with Crippen LogP contribution in [0.25, 0.3) is 20.2 Å². The van der Waals surface area contributed by atoms with Gasteiger partial charge in [0.05, 0.1) is 19.4 Å². The molecule has 0 N–H and O–H groups in total. The van der Waals surface area contributed by atoms with E-state index in [-0.39, 0.29) is 0 Å². The molecule has 4 aromatic rings. The lowest BCUT2D eigenvalue weighted by Crippen LogP contribution is -1.64. The minimum Gasteiger partial charge on any atom is -0.142 e. The molecule has 4 rings (SSSR count). The van der Waals surface area contributed by atoms with Gasteiger partial charge in [0.1, 0.15) is 0 Å². The maximum atomic E-state index is 5.96. The van der Waals surface area contributed by atoms with Crippen LogP contribution in [0.1, 0.15) is 0 Å². The molecule has 0 atom stereocenters. The van der Waals surface area contributed by atoms with E-state index in [4.69, 9.17) is 23.2 Å². The van der Waals surface area contributed by atoms with E-state index in [1.54, 1.807) is 22.7 Å². The van der Waals surface area contributed by atoms with Gasteiger partial charge in [0.2, 0.25) is 0 Å². The Morgan fingerprint density at radius 3 is 2.24 bits per heavy atom. The molecule has 0 aliphatic carbocycles. The van der Waals surface area contributed by atoms with Crippen LogP contribution in [0.3, 0.4) is 0 Å². The summed E-state index contributed by atoms with van der Waals surface area (Å²) in [6, 6.07) is 14.0. The number of rotatable bonds is 0. The third kappa shape index (κ3) is 3.27. The monoisotopic (exact) mass is 414 g/mol. The van der Waals surface area contributed by atoms with Crippen molar-refractivity contribution in [3.63, 3.8) is 0 Å². The van der Waals surface area contributed by atoms with Gasteiger partial charge in [0.25, 0.3) is 0 Å². The highest BCUT2D eigenvalue weighted by Gasteiger charge is 2.02. The van der Waals surface area contributed by atoms with Crippen molar-refractivity contribution in [2.45, 2.75) is 0 Å². The lowest BCUT2D eigenvalue weighted by Gasteiger charge is -1.91. The standard InChI is InChI=1S/C8H4BrClS.C8H5ClS/c9-6-4-11-8-5(6)2-1-3-7(8)10;9-7-3-1-2-6-4-5-10-8(6)7/h1-4H;1-5H. The van der Waals surface area contributed by atoms with Crippen molar-refractivity contribution in [1.82, 2.24) is 0 Å². The van der Waals surface area contributed by atoms with E-state index < -0.39 is 0 Å². The highest BCUT2D eigenvalue weighted by molar-refractivity contribution is 9.10. The van der Waals surface area contributed by atoms with Crippen molar-refractivity contribution in [2.24, 2.45) is 0 Å². The van der Waals surface area contributed by atoms with Crippen molar-refractivity contribution in [2.75, 3.05) is 0 Å². The minimum absolute atomic E-state index is 0.832. The maximum absolute atomic E-state index is 5.96. The van der Waals surface area contributed by atoms with Crippen molar-refractivity contribution in [3.05, 3.63) is 67.7 Å². The number of thiophene rings is 2. The zero-order valence-electron chi connectivity index (χ0n) is 10.6. The predicted molar refractivity (Wildman–Crippen MR) is 101 cm³/mol. The molecule has 0 unspecified atom stereocenters. The molecule has 2 heterocycles. The van der Waals surface area contributed by atoms with Gasteiger partial charge in [-0.05, 0) is 44.9 Å². The third-order valence-electron chi connectivity index (χ3n) is 2.94. The maximum Gasteiger partial charge on any atom is 0.0584 e. The second-order valence-corrected chi connectivity index (χ2v) is 7.74. The molecule has 0 spiro atoms. The first kappa shape index (κ1) is 15.3. The summed E-state index contributed by atoms with van der Waals surface area (Å²) in [4.78, 5) is 0. The summed E-state index contributed by atoms with van der Waals surface area (Å²) in [5, 5.41) is 8.22. The molecule has 2 aromatic carbocycles. The van der Waals surface area contributed by atoms with Gasteiger partial charge in [0, 0.05) is 15.2 Å². The van der Waals surface area contributed by atoms with Crippen molar-refractivity contribution >= 4 is 82.0 Å². The van der Waals surface area contributed by atoms with E-state index in [2.05, 4.69) is 44.9 Å². The average Bonchev–Trinajstić information content (AvgIpc) is 3.09. The minimum atomic E-state index is 0.832. The summed E-state index contributed by atoms with van der Waals surface area (Å²) in [7, 11) is 0. The number of hydrogen-bond acceptors (Lipinski definition) is 2. The molecule has 0 aliphatic rings. The largest absolute Gasteiger partial charge is 0.142 e. The summed E-state index contributed by atoms with van der Waals surface area (Å²) in [5.74, 6) is 0. The molecule has 0 fully saturated rings. The normalized spacial score (nSPS) is 10.6. The van der Waals surface area contributed by atoms with Gasteiger partial charge in [-0.15, -0.1) is 22.7 Å². The van der Waals surface area contributed by atoms with Crippen LogP contribution in [0.5, 0.6) is 0 Å². The summed E-state index contributed by atoms with van der Waals surface area (Å²) >= 11 is 18.7. The van der Waals surface area contributed by atoms with Crippen LogP contribution in [0, 0.1) is 0 Å². The Bertz CT molecular complexity index is 895. The van der Waals surface area contributed by atoms with Crippen LogP contribution >= 0.6 is 61.8 Å². The number of benzene rings is 2. The second kappa shape index (κ2) is 6.67. The molecule has 0 amide bonds. The van der Waals surface area contributed by atoms with Crippen molar-refractivity contribution in [3.8, 4) is 0 Å². The lowest BCUT2D eigenvalue weighted by molar-refractivity contribution is 1.83. The molecule has 106 valence electrons. The lowest BCUT2D eigenvalue weighted by atomic mass is 10.3. The fourth-order valence-corrected chi connectivity index (χ4v) is 4.95. The van der Waals surface area contributed by atoms with Crippen molar-refractivity contribution < 1.29 is 0 Å². The molecule has 0 aliphatic heterocycles. The first-order chi connectivity index (χ1) is 10.2. The number of hydrogen-bond donors (Lipinski definition) is 0. The molecule has 5 heteroatoms. The Labute approximate surface area is 149 Å². The first-order valence-corrected chi connectivity index (χ1v) is 9.40. The van der Waals surface area contributed by atoms with E-state index in [1.165, 1.54) is 15.5 Å². The van der Waals surface area contributed by atoms with Gasteiger partial charge in [-0.3, -0.25) is 0 Å². The van der Waals surface area contributed by atoms with Crippen LogP contribution < -0.4 is 0 Å². The van der Waals surface area contributed by atoms with E-state index >= 15 is 0 Å². The van der Waals surface area contributed by atoms with Gasteiger partial charge < -0.3 is 0 Å². The Kier molecular flexibility index (Phi) is 4.87. The molecule has 0 saturated carbocycles. The van der Waals surface area contributed by atoms with Gasteiger partial charge in [-0.25, -0.2) is 0 Å². The van der Waals surface area contributed by atoms with Gasteiger partial charge >= 0.3 is 0 Å². The number of fused-ring (bicyclic) bond motifs is 2. The fraction of sp³-hybridized carbons (Fsp3) is 0. The summed E-state index contributed by atoms with van der Waals surface area (Å²) in [6.07, 6.45) is 0. The molecular weight excluding hydrogens is 407 g/mol. The zero-order chi connectivity index (χ0) is 14.8. The molecule has 2 aromatic heterocycles. The summed E-state index contributed by atoms with van der Waals surface area (Å²) in [6.45, 7) is 0. The van der Waals surface area contributed by atoms with Crippen LogP contribution in [-0.4, -0.2) is 0 Å². The van der Waals surface area contributed by atoms with Gasteiger partial charge in [-0.1, -0.05) is 47.5 Å². The van der Waals surface area contributed by atoms with E-state index in [1.807, 2.05) is 24.3 Å². The second-order valence-electron chi connectivity index (χ2n) is 4.28.